The first-order valence-electron chi connectivity index (χ1n) is 10.1. The maximum atomic E-state index is 12.5. The van der Waals surface area contributed by atoms with Gasteiger partial charge in [0.1, 0.15) is 18.2 Å². The van der Waals surface area contributed by atoms with Gasteiger partial charge in [0, 0.05) is 38.4 Å². The zero-order valence-electron chi connectivity index (χ0n) is 17.4. The number of hydroxylamine groups is 2. The highest BCUT2D eigenvalue weighted by molar-refractivity contribution is 7.89. The van der Waals surface area contributed by atoms with Crippen molar-refractivity contribution < 1.29 is 23.2 Å². The van der Waals surface area contributed by atoms with Crippen LogP contribution in [-0.4, -0.2) is 77.5 Å². The van der Waals surface area contributed by atoms with Crippen molar-refractivity contribution in [3.8, 4) is 11.8 Å². The summed E-state index contributed by atoms with van der Waals surface area (Å²) in [4.78, 5) is 20.4. The van der Waals surface area contributed by atoms with Crippen molar-refractivity contribution >= 4 is 15.9 Å². The van der Waals surface area contributed by atoms with Gasteiger partial charge >= 0.3 is 0 Å². The molecule has 166 valence electrons. The first-order chi connectivity index (χ1) is 14.4. The van der Waals surface area contributed by atoms with Crippen molar-refractivity contribution in [3.05, 3.63) is 24.3 Å². The highest BCUT2D eigenvalue weighted by Gasteiger charge is 2.31. The highest BCUT2D eigenvalue weighted by Crippen LogP contribution is 2.20. The van der Waals surface area contributed by atoms with Gasteiger partial charge in [0.05, 0.1) is 6.61 Å². The molecule has 1 saturated heterocycles. The number of hydrogen-bond acceptors (Lipinski definition) is 7. The van der Waals surface area contributed by atoms with Gasteiger partial charge < -0.3 is 4.74 Å². The fourth-order valence-corrected chi connectivity index (χ4v) is 4.56. The van der Waals surface area contributed by atoms with Gasteiger partial charge in [-0.1, -0.05) is 5.92 Å². The third kappa shape index (κ3) is 8.36. The van der Waals surface area contributed by atoms with Gasteiger partial charge in [0.25, 0.3) is 5.91 Å². The van der Waals surface area contributed by atoms with E-state index >= 15 is 0 Å². The number of ether oxygens (including phenoxy) is 1. The molecule has 2 rings (SSSR count). The fourth-order valence-electron chi connectivity index (χ4n) is 3.15. The lowest BCUT2D eigenvalue weighted by Gasteiger charge is -2.31. The molecule has 1 aliphatic heterocycles. The molecule has 1 amide bonds. The number of piperidine rings is 1. The zero-order chi connectivity index (χ0) is 21.8. The molecule has 10 heteroatoms. The number of carbonyl (C=O) groups excluding carboxylic acids is 1. The standard InChI is InChI=1S/C20H30N4O5S/c1-2-3-15-29-16-18-8-13-23(14-9-18)30(27,28)17-20(25)24(26)12-5-4-7-19-21-10-6-11-22-19/h6,10-11,18,26H,4-5,7-9,12-17H2,1H3. The quantitative estimate of drug-likeness (QED) is 0.238. The molecule has 1 aromatic heterocycles. The lowest BCUT2D eigenvalue weighted by Crippen LogP contribution is -2.44. The number of aryl methyl sites for hydroxylation is 1. The normalized spacial score (nSPS) is 15.4. The molecule has 30 heavy (non-hydrogen) atoms. The Balaban J connectivity index is 1.68. The molecular formula is C20H30N4O5S. The second-order valence-corrected chi connectivity index (χ2v) is 9.15. The number of hydrogen-bond donors (Lipinski definition) is 1. The van der Waals surface area contributed by atoms with Crippen LogP contribution in [0.2, 0.25) is 0 Å². The van der Waals surface area contributed by atoms with Crippen molar-refractivity contribution in [2.24, 2.45) is 5.92 Å². The number of amides is 1. The van der Waals surface area contributed by atoms with E-state index in [2.05, 4.69) is 21.8 Å². The van der Waals surface area contributed by atoms with Gasteiger partial charge in [-0.15, -0.1) is 5.92 Å². The average Bonchev–Trinajstić information content (AvgIpc) is 2.75. The summed E-state index contributed by atoms with van der Waals surface area (Å²) >= 11 is 0. The van der Waals surface area contributed by atoms with Gasteiger partial charge in [0.15, 0.2) is 0 Å². The van der Waals surface area contributed by atoms with E-state index in [0.717, 1.165) is 0 Å². The van der Waals surface area contributed by atoms with Crippen molar-refractivity contribution in [1.29, 1.82) is 0 Å². The molecule has 0 unspecified atom stereocenters. The fraction of sp³-hybridized carbons (Fsp3) is 0.650. The Morgan fingerprint density at radius 2 is 2.00 bits per heavy atom. The maximum absolute atomic E-state index is 12.5. The molecule has 0 spiro atoms. The summed E-state index contributed by atoms with van der Waals surface area (Å²) in [5, 5.41) is 10.4. The lowest BCUT2D eigenvalue weighted by molar-refractivity contribution is -0.162. The van der Waals surface area contributed by atoms with Crippen LogP contribution in [0.15, 0.2) is 18.5 Å². The first-order valence-corrected chi connectivity index (χ1v) is 11.7. The summed E-state index contributed by atoms with van der Waals surface area (Å²) in [5.41, 5.74) is 0. The molecule has 0 atom stereocenters. The van der Waals surface area contributed by atoms with Gasteiger partial charge in [-0.3, -0.25) is 10.0 Å². The minimum absolute atomic E-state index is 0.0707. The summed E-state index contributed by atoms with van der Waals surface area (Å²) < 4.78 is 31.8. The predicted molar refractivity (Wildman–Crippen MR) is 111 cm³/mol. The molecule has 1 aliphatic rings. The number of rotatable bonds is 11. The number of sulfonamides is 1. The topological polar surface area (TPSA) is 113 Å². The summed E-state index contributed by atoms with van der Waals surface area (Å²) in [6, 6.07) is 1.73. The zero-order valence-corrected chi connectivity index (χ0v) is 18.2. The van der Waals surface area contributed by atoms with E-state index in [1.165, 1.54) is 4.31 Å². The smallest absolute Gasteiger partial charge is 0.262 e. The largest absolute Gasteiger partial charge is 0.368 e. The third-order valence-electron chi connectivity index (χ3n) is 4.90. The summed E-state index contributed by atoms with van der Waals surface area (Å²) in [7, 11) is -3.75. The van der Waals surface area contributed by atoms with Crippen LogP contribution < -0.4 is 0 Å². The molecule has 0 aromatic carbocycles. The van der Waals surface area contributed by atoms with Crippen LogP contribution in [0.5, 0.6) is 0 Å². The number of carbonyl (C=O) groups is 1. The molecule has 0 saturated carbocycles. The minimum atomic E-state index is -3.75. The Morgan fingerprint density at radius 1 is 1.30 bits per heavy atom. The van der Waals surface area contributed by atoms with Gasteiger partial charge in [0.2, 0.25) is 10.0 Å². The Morgan fingerprint density at radius 3 is 2.67 bits per heavy atom. The molecule has 1 N–H and O–H groups in total. The third-order valence-corrected chi connectivity index (χ3v) is 6.67. The molecule has 0 bridgehead atoms. The average molecular weight is 439 g/mol. The van der Waals surface area contributed by atoms with Gasteiger partial charge in [-0.05, 0) is 44.6 Å². The van der Waals surface area contributed by atoms with E-state index < -0.39 is 21.7 Å². The monoisotopic (exact) mass is 438 g/mol. The van der Waals surface area contributed by atoms with Crippen LogP contribution in [0.4, 0.5) is 0 Å². The molecule has 9 nitrogen and oxygen atoms in total. The summed E-state index contributed by atoms with van der Waals surface area (Å²) in [6.07, 6.45) is 6.51. The Kier molecular flexibility index (Phi) is 10.2. The summed E-state index contributed by atoms with van der Waals surface area (Å²) in [6.45, 7) is 3.47. The molecule has 1 fully saturated rings. The SMILES string of the molecule is CC#CCOCC1CCN(S(=O)(=O)CC(=O)N(O)CCCCc2ncccn2)CC1. The van der Waals surface area contributed by atoms with Crippen molar-refractivity contribution in [2.45, 2.75) is 39.0 Å². The maximum Gasteiger partial charge on any atom is 0.262 e. The number of nitrogens with zero attached hydrogens (tertiary/aromatic N) is 4. The van der Waals surface area contributed by atoms with E-state index in [1.807, 2.05) is 0 Å². The van der Waals surface area contributed by atoms with E-state index in [-0.39, 0.29) is 12.5 Å². The van der Waals surface area contributed by atoms with Crippen LogP contribution >= 0.6 is 0 Å². The van der Waals surface area contributed by atoms with Crippen LogP contribution in [0.25, 0.3) is 0 Å². The first kappa shape index (κ1) is 24.2. The van der Waals surface area contributed by atoms with Crippen molar-refractivity contribution in [2.75, 3.05) is 38.6 Å². The van der Waals surface area contributed by atoms with E-state index in [4.69, 9.17) is 4.74 Å². The van der Waals surface area contributed by atoms with Crippen LogP contribution in [0, 0.1) is 17.8 Å². The van der Waals surface area contributed by atoms with Crippen molar-refractivity contribution in [3.63, 3.8) is 0 Å². The number of unbranched alkanes of at least 4 members (excludes halogenated alkanes) is 1. The molecule has 1 aromatic rings. The second kappa shape index (κ2) is 12.6. The second-order valence-electron chi connectivity index (χ2n) is 7.18. The van der Waals surface area contributed by atoms with E-state index in [0.29, 0.717) is 69.3 Å². The number of aromatic nitrogens is 2. The molecular weight excluding hydrogens is 408 g/mol. The Labute approximate surface area is 178 Å². The Bertz CT molecular complexity index is 815. The van der Waals surface area contributed by atoms with Gasteiger partial charge in [-0.25, -0.2) is 27.8 Å². The predicted octanol–water partition coefficient (Wildman–Crippen LogP) is 1.10. The van der Waals surface area contributed by atoms with Gasteiger partial charge in [-0.2, -0.15) is 0 Å². The molecule has 2 heterocycles. The molecule has 0 radical (unpaired) electrons. The van der Waals surface area contributed by atoms with E-state index in [9.17, 15) is 18.4 Å². The Hall–Kier alpha value is -2.06. The van der Waals surface area contributed by atoms with Crippen LogP contribution in [0.1, 0.15) is 38.4 Å². The molecule has 0 aliphatic carbocycles. The minimum Gasteiger partial charge on any atom is -0.368 e. The lowest BCUT2D eigenvalue weighted by atomic mass is 9.99. The van der Waals surface area contributed by atoms with Crippen molar-refractivity contribution in [1.82, 2.24) is 19.3 Å². The summed E-state index contributed by atoms with van der Waals surface area (Å²) in [5.74, 6) is 5.04. The van der Waals surface area contributed by atoms with Crippen LogP contribution in [0.3, 0.4) is 0 Å². The van der Waals surface area contributed by atoms with E-state index in [1.54, 1.807) is 25.4 Å². The highest BCUT2D eigenvalue weighted by atomic mass is 32.2. The van der Waals surface area contributed by atoms with Crippen LogP contribution in [-0.2, 0) is 26.0 Å².